The van der Waals surface area contributed by atoms with Crippen LogP contribution in [0.5, 0.6) is 0 Å². The van der Waals surface area contributed by atoms with E-state index in [1.807, 2.05) is 0 Å². The average molecular weight is 186 g/mol. The van der Waals surface area contributed by atoms with Gasteiger partial charge in [-0.2, -0.15) is 0 Å². The van der Waals surface area contributed by atoms with E-state index in [0.29, 0.717) is 5.41 Å². The van der Waals surface area contributed by atoms with Gasteiger partial charge >= 0.3 is 0 Å². The fourth-order valence-electron chi connectivity index (χ4n) is 0.687. The standard InChI is InChI=1S/C7H16.C5H10O/c1-6(2)7(3,4)5;1-2-4-6-5-3-1/h6H,1-5H3;1-5H2. The van der Waals surface area contributed by atoms with E-state index in [1.165, 1.54) is 19.3 Å². The number of rotatable bonds is 0. The summed E-state index contributed by atoms with van der Waals surface area (Å²) >= 11 is 0. The van der Waals surface area contributed by atoms with Gasteiger partial charge in [0.1, 0.15) is 0 Å². The smallest absolute Gasteiger partial charge is 0.0466 e. The van der Waals surface area contributed by atoms with E-state index < -0.39 is 0 Å². The summed E-state index contributed by atoms with van der Waals surface area (Å²) in [6, 6.07) is 0. The van der Waals surface area contributed by atoms with Gasteiger partial charge in [-0.3, -0.25) is 0 Å². The summed E-state index contributed by atoms with van der Waals surface area (Å²) in [5, 5.41) is 0. The molecule has 0 radical (unpaired) electrons. The molecule has 0 unspecified atom stereocenters. The minimum Gasteiger partial charge on any atom is -0.381 e. The highest BCUT2D eigenvalue weighted by atomic mass is 16.5. The fraction of sp³-hybridized carbons (Fsp3) is 1.00. The van der Waals surface area contributed by atoms with Gasteiger partial charge < -0.3 is 4.74 Å². The highest BCUT2D eigenvalue weighted by molar-refractivity contribution is 4.64. The average Bonchev–Trinajstić information content (AvgIpc) is 2.07. The third-order valence-electron chi connectivity index (χ3n) is 2.81. The van der Waals surface area contributed by atoms with Crippen molar-refractivity contribution in [1.82, 2.24) is 0 Å². The molecule has 1 heteroatoms. The first-order valence-electron chi connectivity index (χ1n) is 5.52. The first-order chi connectivity index (χ1) is 5.94. The zero-order valence-corrected chi connectivity index (χ0v) is 10.0. The molecule has 0 aromatic rings. The zero-order chi connectivity index (χ0) is 10.3. The van der Waals surface area contributed by atoms with Crippen molar-refractivity contribution in [2.24, 2.45) is 11.3 Å². The van der Waals surface area contributed by atoms with Gasteiger partial charge in [-0.15, -0.1) is 0 Å². The molecule has 0 aromatic carbocycles. The summed E-state index contributed by atoms with van der Waals surface area (Å²) in [5.74, 6) is 0.799. The number of hydrogen-bond acceptors (Lipinski definition) is 1. The largest absolute Gasteiger partial charge is 0.381 e. The maximum absolute atomic E-state index is 5.07. The van der Waals surface area contributed by atoms with E-state index in [0.717, 1.165) is 19.1 Å². The van der Waals surface area contributed by atoms with Crippen LogP contribution in [-0.2, 0) is 4.74 Å². The third-order valence-corrected chi connectivity index (χ3v) is 2.81. The van der Waals surface area contributed by atoms with Crippen LogP contribution < -0.4 is 0 Å². The van der Waals surface area contributed by atoms with Gasteiger partial charge in [0.2, 0.25) is 0 Å². The van der Waals surface area contributed by atoms with Crippen LogP contribution in [0.2, 0.25) is 0 Å². The molecule has 1 fully saturated rings. The molecular formula is C12H26O. The van der Waals surface area contributed by atoms with E-state index in [-0.39, 0.29) is 0 Å². The first-order valence-corrected chi connectivity index (χ1v) is 5.52. The topological polar surface area (TPSA) is 9.23 Å². The molecule has 1 saturated heterocycles. The lowest BCUT2D eigenvalue weighted by Crippen LogP contribution is -2.12. The van der Waals surface area contributed by atoms with Crippen molar-refractivity contribution in [3.8, 4) is 0 Å². The van der Waals surface area contributed by atoms with Crippen molar-refractivity contribution in [3.63, 3.8) is 0 Å². The monoisotopic (exact) mass is 186 g/mol. The molecule has 0 amide bonds. The molecule has 0 aliphatic carbocycles. The van der Waals surface area contributed by atoms with Gasteiger partial charge in [0.15, 0.2) is 0 Å². The van der Waals surface area contributed by atoms with Crippen LogP contribution in [-0.4, -0.2) is 13.2 Å². The van der Waals surface area contributed by atoms with E-state index in [9.17, 15) is 0 Å². The molecule has 0 spiro atoms. The molecule has 0 bridgehead atoms. The Balaban J connectivity index is 0.000000223. The predicted molar refractivity (Wildman–Crippen MR) is 59.0 cm³/mol. The van der Waals surface area contributed by atoms with Crippen molar-refractivity contribution in [2.45, 2.75) is 53.9 Å². The van der Waals surface area contributed by atoms with Gasteiger partial charge in [0.05, 0.1) is 0 Å². The van der Waals surface area contributed by atoms with Crippen LogP contribution in [0.3, 0.4) is 0 Å². The van der Waals surface area contributed by atoms with Crippen molar-refractivity contribution >= 4 is 0 Å². The summed E-state index contributed by atoms with van der Waals surface area (Å²) in [4.78, 5) is 0. The second-order valence-electron chi connectivity index (χ2n) is 5.19. The third kappa shape index (κ3) is 8.29. The van der Waals surface area contributed by atoms with Crippen LogP contribution >= 0.6 is 0 Å². The van der Waals surface area contributed by atoms with Gasteiger partial charge in [0, 0.05) is 13.2 Å². The van der Waals surface area contributed by atoms with E-state index in [2.05, 4.69) is 34.6 Å². The Labute approximate surface area is 83.9 Å². The minimum atomic E-state index is 0.500. The van der Waals surface area contributed by atoms with Crippen molar-refractivity contribution in [2.75, 3.05) is 13.2 Å². The molecule has 1 aliphatic heterocycles. The molecule has 0 N–H and O–H groups in total. The molecule has 0 aromatic heterocycles. The Morgan fingerprint density at radius 1 is 0.923 bits per heavy atom. The lowest BCUT2D eigenvalue weighted by Gasteiger charge is -2.22. The second kappa shape index (κ2) is 6.42. The Morgan fingerprint density at radius 2 is 1.31 bits per heavy atom. The molecule has 80 valence electrons. The SMILES string of the molecule is C1CCOCC1.CC(C)C(C)(C)C. The molecule has 0 saturated carbocycles. The van der Waals surface area contributed by atoms with Crippen LogP contribution in [0.4, 0.5) is 0 Å². The maximum atomic E-state index is 5.07. The molecule has 1 nitrogen and oxygen atoms in total. The van der Waals surface area contributed by atoms with Crippen molar-refractivity contribution < 1.29 is 4.74 Å². The normalized spacial score (nSPS) is 18.0. The lowest BCUT2D eigenvalue weighted by atomic mass is 9.84. The predicted octanol–water partition coefficient (Wildman–Crippen LogP) is 3.88. The Morgan fingerprint density at radius 3 is 1.38 bits per heavy atom. The van der Waals surface area contributed by atoms with E-state index in [4.69, 9.17) is 4.74 Å². The molecule has 1 rings (SSSR count). The van der Waals surface area contributed by atoms with Crippen LogP contribution in [0, 0.1) is 11.3 Å². The Kier molecular flexibility index (Phi) is 6.40. The van der Waals surface area contributed by atoms with Crippen LogP contribution in [0.15, 0.2) is 0 Å². The molecule has 0 atom stereocenters. The first kappa shape index (κ1) is 13.0. The highest BCUT2D eigenvalue weighted by Gasteiger charge is 2.13. The minimum absolute atomic E-state index is 0.500. The molecular weight excluding hydrogens is 160 g/mol. The van der Waals surface area contributed by atoms with Crippen LogP contribution in [0.25, 0.3) is 0 Å². The molecule has 1 heterocycles. The van der Waals surface area contributed by atoms with E-state index in [1.54, 1.807) is 0 Å². The summed E-state index contributed by atoms with van der Waals surface area (Å²) in [5.41, 5.74) is 0.500. The quantitative estimate of drug-likeness (QED) is 0.558. The van der Waals surface area contributed by atoms with Gasteiger partial charge in [-0.1, -0.05) is 34.6 Å². The Bertz CT molecular complexity index is 95.3. The molecule has 1 aliphatic rings. The van der Waals surface area contributed by atoms with Gasteiger partial charge in [0.25, 0.3) is 0 Å². The second-order valence-corrected chi connectivity index (χ2v) is 5.19. The van der Waals surface area contributed by atoms with Gasteiger partial charge in [-0.05, 0) is 30.6 Å². The maximum Gasteiger partial charge on any atom is 0.0466 e. The fourth-order valence-corrected chi connectivity index (χ4v) is 0.687. The Hall–Kier alpha value is -0.0400. The summed E-state index contributed by atoms with van der Waals surface area (Å²) in [6.07, 6.45) is 3.93. The summed E-state index contributed by atoms with van der Waals surface area (Å²) < 4.78 is 5.07. The van der Waals surface area contributed by atoms with Crippen molar-refractivity contribution in [3.05, 3.63) is 0 Å². The van der Waals surface area contributed by atoms with Crippen molar-refractivity contribution in [1.29, 1.82) is 0 Å². The summed E-state index contributed by atoms with van der Waals surface area (Å²) in [7, 11) is 0. The summed E-state index contributed by atoms with van der Waals surface area (Å²) in [6.45, 7) is 13.3. The lowest BCUT2D eigenvalue weighted by molar-refractivity contribution is 0.0968. The zero-order valence-electron chi connectivity index (χ0n) is 10.0. The highest BCUT2D eigenvalue weighted by Crippen LogP contribution is 2.23. The van der Waals surface area contributed by atoms with Crippen LogP contribution in [0.1, 0.15) is 53.9 Å². The van der Waals surface area contributed by atoms with Gasteiger partial charge in [-0.25, -0.2) is 0 Å². The number of ether oxygens (including phenoxy) is 1. The van der Waals surface area contributed by atoms with E-state index >= 15 is 0 Å². The number of hydrogen-bond donors (Lipinski definition) is 0. The molecule has 13 heavy (non-hydrogen) atoms.